The summed E-state index contributed by atoms with van der Waals surface area (Å²) in [4.78, 5) is 27.0. The van der Waals surface area contributed by atoms with Gasteiger partial charge >= 0.3 is 12.2 Å². The van der Waals surface area contributed by atoms with Crippen LogP contribution in [0, 0.1) is 10.8 Å². The van der Waals surface area contributed by atoms with Crippen LogP contribution in [-0.2, 0) is 46.5 Å². The molecule has 6 aliphatic carbocycles. The summed E-state index contributed by atoms with van der Waals surface area (Å²) < 4.78 is 15.7. The third-order valence-electron chi connectivity index (χ3n) is 14.2. The molecular weight excluding hydrogens is 705 g/mol. The van der Waals surface area contributed by atoms with Gasteiger partial charge in [-0.05, 0) is 129 Å². The molecule has 4 heterocycles. The molecule has 6 saturated carbocycles. The minimum atomic E-state index is -0.514. The molecule has 0 saturated heterocycles. The lowest BCUT2D eigenvalue weighted by Crippen LogP contribution is -2.58. The Hall–Kier alpha value is -3.12. The van der Waals surface area contributed by atoms with E-state index in [0.29, 0.717) is 18.5 Å². The summed E-state index contributed by atoms with van der Waals surface area (Å²) in [5.74, 6) is 0. The van der Waals surface area contributed by atoms with Crippen molar-refractivity contribution >= 4 is 12.2 Å². The zero-order chi connectivity index (χ0) is 40.6. The highest BCUT2D eigenvalue weighted by Gasteiger charge is 2.51. The molecule has 56 heavy (non-hydrogen) atoms. The number of hydrogen-bond acceptors (Lipinski definition) is 8. The quantitative estimate of drug-likeness (QED) is 0.279. The van der Waals surface area contributed by atoms with Crippen molar-refractivity contribution in [3.05, 3.63) is 34.9 Å². The Labute approximate surface area is 335 Å². The fourth-order valence-electron chi connectivity index (χ4n) is 11.1. The van der Waals surface area contributed by atoms with E-state index in [0.717, 1.165) is 70.3 Å². The van der Waals surface area contributed by atoms with Crippen LogP contribution in [0.25, 0.3) is 0 Å². The number of nitrogens with two attached hydrogens (primary N) is 1. The molecule has 4 N–H and O–H groups in total. The van der Waals surface area contributed by atoms with Crippen LogP contribution < -0.4 is 16.4 Å². The maximum atomic E-state index is 12.8. The molecule has 2 amide bonds. The zero-order valence-corrected chi connectivity index (χ0v) is 36.3. The third kappa shape index (κ3) is 8.52. The van der Waals surface area contributed by atoms with Crippen LogP contribution in [0.4, 0.5) is 9.59 Å². The van der Waals surface area contributed by atoms with Gasteiger partial charge in [0.15, 0.2) is 0 Å². The van der Waals surface area contributed by atoms with Gasteiger partial charge < -0.3 is 30.7 Å². The maximum Gasteiger partial charge on any atom is 0.410 e. The van der Waals surface area contributed by atoms with E-state index in [4.69, 9.17) is 25.4 Å². The number of rotatable bonds is 5. The Morgan fingerprint density at radius 2 is 1.21 bits per heavy atom. The predicted molar refractivity (Wildman–Crippen MR) is 218 cm³/mol. The fraction of sp³-hybridized carbons (Fsp3) is 0.818. The highest BCUT2D eigenvalue weighted by molar-refractivity contribution is 5.69. The van der Waals surface area contributed by atoms with E-state index in [1.54, 1.807) is 4.90 Å². The summed E-state index contributed by atoms with van der Waals surface area (Å²) in [5.41, 5.74) is 11.3. The lowest BCUT2D eigenvalue weighted by molar-refractivity contribution is -0.00610. The van der Waals surface area contributed by atoms with E-state index in [1.807, 2.05) is 47.7 Å². The molecule has 0 aromatic carbocycles. The summed E-state index contributed by atoms with van der Waals surface area (Å²) in [6.45, 7) is 25.6. The minimum absolute atomic E-state index is 0.138. The van der Waals surface area contributed by atoms with Gasteiger partial charge in [0.1, 0.15) is 11.2 Å². The van der Waals surface area contributed by atoms with Gasteiger partial charge in [-0.25, -0.2) is 9.59 Å². The topological polar surface area (TPSA) is 142 Å². The Bertz CT molecular complexity index is 1740. The minimum Gasteiger partial charge on any atom is -0.444 e. The van der Waals surface area contributed by atoms with Crippen LogP contribution >= 0.6 is 0 Å². The van der Waals surface area contributed by atoms with Gasteiger partial charge in [-0.15, -0.1) is 0 Å². The first-order valence-corrected chi connectivity index (χ1v) is 21.5. The highest BCUT2D eigenvalue weighted by atomic mass is 16.6. The van der Waals surface area contributed by atoms with E-state index in [1.165, 1.54) is 55.5 Å². The number of amides is 2. The van der Waals surface area contributed by atoms with Crippen LogP contribution in [0.15, 0.2) is 12.4 Å². The molecule has 2 aromatic heterocycles. The number of nitrogens with zero attached hydrogens (tertiary/aromatic N) is 5. The summed E-state index contributed by atoms with van der Waals surface area (Å²) in [6, 6.07) is 0. The first-order chi connectivity index (χ1) is 25.9. The monoisotopic (exact) mass is 777 g/mol. The SMILES string of the molecule is CC(C)(C)OC(=O)NC12CCC(Cn3ncc4c3C(C)(C)CN(C(=O)OC(C)(C)C)C4)(CC1)CC2.CC1(C)CNCc2cnn(CC34CCC(N)(CC3)CC4)c21. The number of fused-ring (bicyclic) bond motifs is 8. The number of carbonyl (C=O) groups is 2. The summed E-state index contributed by atoms with van der Waals surface area (Å²) in [5, 5.41) is 16.3. The average Bonchev–Trinajstić information content (AvgIpc) is 3.69. The third-order valence-corrected chi connectivity index (χ3v) is 14.2. The lowest BCUT2D eigenvalue weighted by Gasteiger charge is -2.53. The number of aromatic nitrogens is 4. The predicted octanol–water partition coefficient (Wildman–Crippen LogP) is 7.84. The lowest BCUT2D eigenvalue weighted by atomic mass is 9.57. The van der Waals surface area contributed by atoms with E-state index in [2.05, 4.69) is 53.9 Å². The van der Waals surface area contributed by atoms with Crippen molar-refractivity contribution in [2.45, 2.75) is 206 Å². The second kappa shape index (κ2) is 14.0. The van der Waals surface area contributed by atoms with Crippen LogP contribution in [0.3, 0.4) is 0 Å². The molecule has 0 atom stereocenters. The molecule has 10 rings (SSSR count). The Kier molecular flexibility index (Phi) is 10.3. The summed E-state index contributed by atoms with van der Waals surface area (Å²) in [6.07, 6.45) is 17.1. The summed E-state index contributed by atoms with van der Waals surface area (Å²) in [7, 11) is 0. The number of alkyl carbamates (subject to hydrolysis) is 1. The molecule has 4 bridgehead atoms. The van der Waals surface area contributed by atoms with Gasteiger partial charge in [0, 0.05) is 71.5 Å². The molecule has 2 aliphatic heterocycles. The van der Waals surface area contributed by atoms with Crippen LogP contribution in [0.2, 0.25) is 0 Å². The van der Waals surface area contributed by atoms with Gasteiger partial charge in [0.05, 0.1) is 24.6 Å². The normalized spacial score (nSPS) is 31.4. The van der Waals surface area contributed by atoms with Gasteiger partial charge in [0.25, 0.3) is 0 Å². The summed E-state index contributed by atoms with van der Waals surface area (Å²) >= 11 is 0. The van der Waals surface area contributed by atoms with Gasteiger partial charge in [-0.2, -0.15) is 10.2 Å². The molecule has 2 aromatic rings. The molecule has 0 unspecified atom stereocenters. The molecule has 0 spiro atoms. The molecule has 312 valence electrons. The van der Waals surface area contributed by atoms with Crippen molar-refractivity contribution < 1.29 is 19.1 Å². The largest absolute Gasteiger partial charge is 0.444 e. The average molecular weight is 777 g/mol. The van der Waals surface area contributed by atoms with Crippen LogP contribution in [-0.4, -0.2) is 72.0 Å². The molecule has 0 radical (unpaired) electrons. The Morgan fingerprint density at radius 3 is 1.73 bits per heavy atom. The molecule has 12 nitrogen and oxygen atoms in total. The van der Waals surface area contributed by atoms with Gasteiger partial charge in [-0.3, -0.25) is 9.36 Å². The molecule has 6 fully saturated rings. The van der Waals surface area contributed by atoms with Crippen LogP contribution in [0.1, 0.15) is 169 Å². The Morgan fingerprint density at radius 1 is 0.732 bits per heavy atom. The first kappa shape index (κ1) is 41.1. The van der Waals surface area contributed by atoms with E-state index in [-0.39, 0.29) is 39.5 Å². The molecule has 12 heteroatoms. The number of hydrogen-bond donors (Lipinski definition) is 3. The van der Waals surface area contributed by atoms with Crippen molar-refractivity contribution in [2.75, 3.05) is 13.1 Å². The van der Waals surface area contributed by atoms with Crippen LogP contribution in [0.5, 0.6) is 0 Å². The number of ether oxygens (including phenoxy) is 2. The molecule has 8 aliphatic rings. The van der Waals surface area contributed by atoms with Crippen molar-refractivity contribution in [3.8, 4) is 0 Å². The first-order valence-electron chi connectivity index (χ1n) is 21.5. The fourth-order valence-corrected chi connectivity index (χ4v) is 11.1. The van der Waals surface area contributed by atoms with E-state index >= 15 is 0 Å². The van der Waals surface area contributed by atoms with E-state index in [9.17, 15) is 9.59 Å². The standard InChI is InChI=1S/C27H44N4O4.C17H28N4/c1-23(2,3)34-21(32)29-27-12-9-26(10-13-27,11-14-27)18-31-20-19(15-28-31)16-30(17-25(20,7)8)22(33)35-24(4,5)6;1-15(2)11-19-9-13-10-20-21(14(13)15)12-16-3-6-17(18,7-4-16)8-5-16/h15H,9-14,16-18H2,1-8H3,(H,29,32);10,19H,3-9,11-12,18H2,1-2H3. The van der Waals surface area contributed by atoms with Gasteiger partial charge in [-0.1, -0.05) is 27.7 Å². The molecular formula is C44H72N8O4. The zero-order valence-electron chi connectivity index (χ0n) is 36.3. The second-order valence-electron chi connectivity index (χ2n) is 22.3. The van der Waals surface area contributed by atoms with Crippen molar-refractivity contribution in [3.63, 3.8) is 0 Å². The van der Waals surface area contributed by atoms with Gasteiger partial charge in [0.2, 0.25) is 0 Å². The smallest absolute Gasteiger partial charge is 0.410 e. The van der Waals surface area contributed by atoms with Crippen molar-refractivity contribution in [1.82, 2.24) is 35.1 Å². The Balaban J connectivity index is 0.000000193. The highest BCUT2D eigenvalue weighted by Crippen LogP contribution is 2.54. The number of nitrogens with one attached hydrogen (secondary N) is 2. The van der Waals surface area contributed by atoms with Crippen molar-refractivity contribution in [2.24, 2.45) is 16.6 Å². The van der Waals surface area contributed by atoms with Crippen molar-refractivity contribution in [1.29, 1.82) is 0 Å². The number of carbonyl (C=O) groups excluding carboxylic acids is 2. The second-order valence-corrected chi connectivity index (χ2v) is 22.3. The van der Waals surface area contributed by atoms with E-state index < -0.39 is 11.2 Å². The maximum absolute atomic E-state index is 12.8.